The van der Waals surface area contributed by atoms with Crippen molar-refractivity contribution in [2.75, 3.05) is 13.7 Å². The summed E-state index contributed by atoms with van der Waals surface area (Å²) in [7, 11) is 1.42. The van der Waals surface area contributed by atoms with Gasteiger partial charge in [-0.1, -0.05) is 12.8 Å². The fourth-order valence-electron chi connectivity index (χ4n) is 1.67. The van der Waals surface area contributed by atoms with E-state index in [-0.39, 0.29) is 11.5 Å². The summed E-state index contributed by atoms with van der Waals surface area (Å²) >= 11 is 5.28. The molecule has 0 aliphatic rings. The van der Waals surface area contributed by atoms with Crippen LogP contribution in [0, 0.1) is 0 Å². The minimum absolute atomic E-state index is 0.139. The van der Waals surface area contributed by atoms with E-state index in [1.165, 1.54) is 7.11 Å². The number of hydrogen-bond acceptors (Lipinski definition) is 5. The summed E-state index contributed by atoms with van der Waals surface area (Å²) in [6.45, 7) is 10.7. The van der Waals surface area contributed by atoms with Gasteiger partial charge in [0.15, 0.2) is 5.11 Å². The van der Waals surface area contributed by atoms with Gasteiger partial charge in [-0.3, -0.25) is 4.79 Å². The van der Waals surface area contributed by atoms with Crippen LogP contribution in [0.2, 0.25) is 0 Å². The van der Waals surface area contributed by atoms with Gasteiger partial charge in [-0.15, -0.1) is 0 Å². The predicted molar refractivity (Wildman–Crippen MR) is 97.5 cm³/mol. The number of nitrogens with one attached hydrogen (secondary N) is 2. The molecule has 0 aromatic carbocycles. The zero-order valence-electron chi connectivity index (χ0n) is 15.4. The van der Waals surface area contributed by atoms with Gasteiger partial charge in [-0.05, 0) is 59.7 Å². The van der Waals surface area contributed by atoms with Crippen LogP contribution in [-0.4, -0.2) is 35.9 Å². The van der Waals surface area contributed by atoms with Crippen molar-refractivity contribution in [3.05, 3.63) is 0 Å². The molecule has 0 amide bonds. The molecule has 0 saturated heterocycles. The lowest BCUT2D eigenvalue weighted by atomic mass is 10.1. The smallest absolute Gasteiger partial charge is 0.305 e. The molecule has 0 aliphatic carbocycles. The average molecular weight is 345 g/mol. The number of azo groups is 1. The fraction of sp³-hybridized carbons (Fsp3) is 0.875. The normalized spacial score (nSPS) is 12.3. The Hall–Kier alpha value is -1.24. The minimum atomic E-state index is -0.530. The standard InChI is InChI=1S/C16H32N4O2S/c1-15(2,3)19-20-16(4,5)18-14(23)17-12-10-8-7-9-11-13(21)22-6/h7-12H2,1-6H3,(H2,17,18,23). The van der Waals surface area contributed by atoms with E-state index >= 15 is 0 Å². The molecule has 23 heavy (non-hydrogen) atoms. The molecule has 0 heterocycles. The molecule has 0 fully saturated rings. The predicted octanol–water partition coefficient (Wildman–Crippen LogP) is 3.56. The first-order valence-electron chi connectivity index (χ1n) is 8.12. The number of carbonyl (C=O) groups excluding carboxylic acids is 1. The van der Waals surface area contributed by atoms with Gasteiger partial charge in [0.1, 0.15) is 5.66 Å². The van der Waals surface area contributed by atoms with E-state index in [9.17, 15) is 4.79 Å². The molecule has 0 atom stereocenters. The second kappa shape index (κ2) is 10.5. The number of nitrogens with zero attached hydrogens (tertiary/aromatic N) is 2. The summed E-state index contributed by atoms with van der Waals surface area (Å²) in [5.74, 6) is -0.139. The van der Waals surface area contributed by atoms with E-state index in [1.54, 1.807) is 0 Å². The van der Waals surface area contributed by atoms with Gasteiger partial charge in [0.2, 0.25) is 0 Å². The van der Waals surface area contributed by atoms with E-state index in [4.69, 9.17) is 12.2 Å². The summed E-state index contributed by atoms with van der Waals surface area (Å²) in [6, 6.07) is 0. The quantitative estimate of drug-likeness (QED) is 0.289. The first-order valence-corrected chi connectivity index (χ1v) is 8.53. The Morgan fingerprint density at radius 1 is 1.04 bits per heavy atom. The number of esters is 1. The molecule has 0 aromatic heterocycles. The molecule has 0 aromatic rings. The molecule has 7 heteroatoms. The van der Waals surface area contributed by atoms with Crippen molar-refractivity contribution >= 4 is 23.3 Å². The van der Waals surface area contributed by atoms with E-state index in [0.29, 0.717) is 11.5 Å². The Labute approximate surface area is 145 Å². The molecule has 0 spiro atoms. The highest BCUT2D eigenvalue weighted by Gasteiger charge is 2.19. The van der Waals surface area contributed by atoms with Crippen molar-refractivity contribution in [1.29, 1.82) is 0 Å². The summed E-state index contributed by atoms with van der Waals surface area (Å²) in [6.07, 6.45) is 4.45. The number of unbranched alkanes of at least 4 members (excludes halogenated alkanes) is 3. The Bertz CT molecular complexity index is 403. The van der Waals surface area contributed by atoms with Crippen LogP contribution in [0.5, 0.6) is 0 Å². The number of ether oxygens (including phenoxy) is 1. The maximum absolute atomic E-state index is 11.0. The molecule has 0 aliphatic heterocycles. The lowest BCUT2D eigenvalue weighted by molar-refractivity contribution is -0.140. The Balaban J connectivity index is 3.82. The van der Waals surface area contributed by atoms with Crippen molar-refractivity contribution in [3.63, 3.8) is 0 Å². The van der Waals surface area contributed by atoms with Gasteiger partial charge >= 0.3 is 5.97 Å². The Kier molecular flexibility index (Phi) is 9.95. The Morgan fingerprint density at radius 3 is 2.22 bits per heavy atom. The zero-order chi connectivity index (χ0) is 17.9. The van der Waals surface area contributed by atoms with Gasteiger partial charge in [0.25, 0.3) is 0 Å². The third kappa shape index (κ3) is 14.1. The maximum Gasteiger partial charge on any atom is 0.305 e. The van der Waals surface area contributed by atoms with Crippen LogP contribution in [0.1, 0.15) is 66.7 Å². The fourth-order valence-corrected chi connectivity index (χ4v) is 2.03. The molecule has 2 N–H and O–H groups in total. The van der Waals surface area contributed by atoms with Crippen LogP contribution in [0.15, 0.2) is 10.2 Å². The summed E-state index contributed by atoms with van der Waals surface area (Å²) in [4.78, 5) is 11.0. The molecule has 0 saturated carbocycles. The van der Waals surface area contributed by atoms with Gasteiger partial charge in [-0.25, -0.2) is 0 Å². The first-order chi connectivity index (χ1) is 10.6. The van der Waals surface area contributed by atoms with Crippen molar-refractivity contribution in [2.24, 2.45) is 10.2 Å². The van der Waals surface area contributed by atoms with Crippen LogP contribution >= 0.6 is 12.2 Å². The van der Waals surface area contributed by atoms with Crippen LogP contribution in [0.3, 0.4) is 0 Å². The van der Waals surface area contributed by atoms with Crippen molar-refractivity contribution in [1.82, 2.24) is 10.6 Å². The SMILES string of the molecule is COC(=O)CCCCCCNC(=S)NC(C)(C)N=NC(C)(C)C. The molecule has 0 rings (SSSR count). The number of carbonyl (C=O) groups is 1. The highest BCUT2D eigenvalue weighted by molar-refractivity contribution is 7.80. The van der Waals surface area contributed by atoms with Crippen LogP contribution in [-0.2, 0) is 9.53 Å². The van der Waals surface area contributed by atoms with Gasteiger partial charge in [0, 0.05) is 13.0 Å². The van der Waals surface area contributed by atoms with Gasteiger partial charge in [0.05, 0.1) is 12.6 Å². The van der Waals surface area contributed by atoms with Gasteiger partial charge in [-0.2, -0.15) is 10.2 Å². The number of hydrogen-bond donors (Lipinski definition) is 2. The second-order valence-electron chi connectivity index (χ2n) is 7.05. The monoisotopic (exact) mass is 344 g/mol. The minimum Gasteiger partial charge on any atom is -0.469 e. The largest absolute Gasteiger partial charge is 0.469 e. The lowest BCUT2D eigenvalue weighted by Gasteiger charge is -2.24. The summed E-state index contributed by atoms with van der Waals surface area (Å²) < 4.78 is 4.60. The first kappa shape index (κ1) is 21.8. The van der Waals surface area contributed by atoms with E-state index < -0.39 is 5.66 Å². The van der Waals surface area contributed by atoms with Crippen molar-refractivity contribution in [3.8, 4) is 0 Å². The van der Waals surface area contributed by atoms with E-state index in [2.05, 4.69) is 25.6 Å². The van der Waals surface area contributed by atoms with Crippen molar-refractivity contribution in [2.45, 2.75) is 77.9 Å². The number of rotatable bonds is 9. The van der Waals surface area contributed by atoms with Crippen LogP contribution in [0.4, 0.5) is 0 Å². The second-order valence-corrected chi connectivity index (χ2v) is 7.46. The molecule has 0 radical (unpaired) electrons. The third-order valence-electron chi connectivity index (χ3n) is 2.84. The number of methoxy groups -OCH3 is 1. The average Bonchev–Trinajstić information content (AvgIpc) is 2.42. The molecule has 134 valence electrons. The van der Waals surface area contributed by atoms with Crippen LogP contribution < -0.4 is 10.6 Å². The van der Waals surface area contributed by atoms with E-state index in [1.807, 2.05) is 34.6 Å². The molecular formula is C16H32N4O2S. The highest BCUT2D eigenvalue weighted by atomic mass is 32.1. The molecule has 0 bridgehead atoms. The zero-order valence-corrected chi connectivity index (χ0v) is 16.2. The van der Waals surface area contributed by atoms with Crippen LogP contribution in [0.25, 0.3) is 0 Å². The topological polar surface area (TPSA) is 75.1 Å². The maximum atomic E-state index is 11.0. The number of thiocarbonyl (C=S) groups is 1. The Morgan fingerprint density at radius 2 is 1.65 bits per heavy atom. The molecule has 0 unspecified atom stereocenters. The highest BCUT2D eigenvalue weighted by Crippen LogP contribution is 2.12. The van der Waals surface area contributed by atoms with Gasteiger partial charge < -0.3 is 15.4 Å². The van der Waals surface area contributed by atoms with Crippen molar-refractivity contribution < 1.29 is 9.53 Å². The molecular weight excluding hydrogens is 312 g/mol. The lowest BCUT2D eigenvalue weighted by Crippen LogP contribution is -2.47. The third-order valence-corrected chi connectivity index (χ3v) is 3.09. The van der Waals surface area contributed by atoms with E-state index in [0.717, 1.165) is 32.2 Å². The summed E-state index contributed by atoms with van der Waals surface area (Å²) in [5, 5.41) is 15.5. The summed E-state index contributed by atoms with van der Waals surface area (Å²) in [5.41, 5.74) is -0.726. The molecule has 6 nitrogen and oxygen atoms in total.